The van der Waals surface area contributed by atoms with Crippen molar-refractivity contribution in [2.24, 2.45) is 0 Å². The van der Waals surface area contributed by atoms with Gasteiger partial charge in [-0.2, -0.15) is 0 Å². The lowest BCUT2D eigenvalue weighted by molar-refractivity contribution is 0.0500. The van der Waals surface area contributed by atoms with Crippen LogP contribution in [0.25, 0.3) is 0 Å². The second kappa shape index (κ2) is 8.84. The van der Waals surface area contributed by atoms with Crippen LogP contribution in [0.3, 0.4) is 0 Å². The molecule has 1 aliphatic heterocycles. The molecular formula is C17H27N3O3. The fourth-order valence-corrected chi connectivity index (χ4v) is 2.91. The van der Waals surface area contributed by atoms with Gasteiger partial charge in [0, 0.05) is 25.9 Å². The van der Waals surface area contributed by atoms with Crippen LogP contribution in [-0.4, -0.2) is 73.7 Å². The SMILES string of the molecule is CCOc1ncccc1C(=O)N(CCOC)C1CCN(C)CC1. The van der Waals surface area contributed by atoms with Gasteiger partial charge in [0.1, 0.15) is 5.56 Å². The summed E-state index contributed by atoms with van der Waals surface area (Å²) in [5.41, 5.74) is 0.532. The number of carbonyl (C=O) groups is 1. The van der Waals surface area contributed by atoms with Crippen LogP contribution in [0.2, 0.25) is 0 Å². The van der Waals surface area contributed by atoms with E-state index in [0.29, 0.717) is 31.2 Å². The van der Waals surface area contributed by atoms with Crippen molar-refractivity contribution in [2.75, 3.05) is 47.0 Å². The summed E-state index contributed by atoms with van der Waals surface area (Å²) in [4.78, 5) is 21.5. The van der Waals surface area contributed by atoms with Gasteiger partial charge in [-0.1, -0.05) is 0 Å². The van der Waals surface area contributed by atoms with E-state index < -0.39 is 0 Å². The molecule has 0 spiro atoms. The zero-order valence-corrected chi connectivity index (χ0v) is 14.3. The molecule has 1 aromatic rings. The Labute approximate surface area is 138 Å². The van der Waals surface area contributed by atoms with Gasteiger partial charge in [-0.15, -0.1) is 0 Å². The number of ether oxygens (including phenoxy) is 2. The highest BCUT2D eigenvalue weighted by molar-refractivity contribution is 5.96. The van der Waals surface area contributed by atoms with Gasteiger partial charge < -0.3 is 19.3 Å². The van der Waals surface area contributed by atoms with E-state index in [4.69, 9.17) is 9.47 Å². The first-order chi connectivity index (χ1) is 11.2. The van der Waals surface area contributed by atoms with Gasteiger partial charge in [-0.25, -0.2) is 4.98 Å². The zero-order chi connectivity index (χ0) is 16.7. The summed E-state index contributed by atoms with van der Waals surface area (Å²) in [6.07, 6.45) is 3.61. The summed E-state index contributed by atoms with van der Waals surface area (Å²) in [6.45, 7) is 5.51. The fraction of sp³-hybridized carbons (Fsp3) is 0.647. The molecule has 1 aliphatic rings. The summed E-state index contributed by atoms with van der Waals surface area (Å²) in [7, 11) is 3.78. The first-order valence-electron chi connectivity index (χ1n) is 8.23. The van der Waals surface area contributed by atoms with Crippen molar-refractivity contribution in [3.8, 4) is 5.88 Å². The number of amides is 1. The molecule has 0 bridgehead atoms. The van der Waals surface area contributed by atoms with Crippen molar-refractivity contribution in [3.05, 3.63) is 23.9 Å². The predicted molar refractivity (Wildman–Crippen MR) is 88.8 cm³/mol. The van der Waals surface area contributed by atoms with E-state index in [0.717, 1.165) is 25.9 Å². The number of pyridine rings is 1. The highest BCUT2D eigenvalue weighted by atomic mass is 16.5. The number of nitrogens with zero attached hydrogens (tertiary/aromatic N) is 3. The normalized spacial score (nSPS) is 16.3. The molecule has 2 heterocycles. The minimum atomic E-state index is -0.0202. The molecule has 6 nitrogen and oxygen atoms in total. The second-order valence-electron chi connectivity index (χ2n) is 5.81. The minimum Gasteiger partial charge on any atom is -0.477 e. The third kappa shape index (κ3) is 4.65. The molecule has 0 unspecified atom stereocenters. The summed E-state index contributed by atoms with van der Waals surface area (Å²) < 4.78 is 10.7. The maximum atomic E-state index is 13.1. The van der Waals surface area contributed by atoms with Crippen LogP contribution in [0, 0.1) is 0 Å². The summed E-state index contributed by atoms with van der Waals surface area (Å²) in [6, 6.07) is 3.80. The highest BCUT2D eigenvalue weighted by Gasteiger charge is 2.29. The van der Waals surface area contributed by atoms with Gasteiger partial charge >= 0.3 is 0 Å². The number of likely N-dealkylation sites (tertiary alicyclic amines) is 1. The van der Waals surface area contributed by atoms with Crippen molar-refractivity contribution in [3.63, 3.8) is 0 Å². The molecule has 1 saturated heterocycles. The van der Waals surface area contributed by atoms with Crippen LogP contribution in [0.4, 0.5) is 0 Å². The Balaban J connectivity index is 2.19. The molecule has 6 heteroatoms. The molecule has 0 aromatic carbocycles. The van der Waals surface area contributed by atoms with Gasteiger partial charge in [0.15, 0.2) is 0 Å². The molecule has 23 heavy (non-hydrogen) atoms. The largest absolute Gasteiger partial charge is 0.477 e. The Hall–Kier alpha value is -1.66. The van der Waals surface area contributed by atoms with Gasteiger partial charge in [0.25, 0.3) is 5.91 Å². The topological polar surface area (TPSA) is 54.9 Å². The third-order valence-electron chi connectivity index (χ3n) is 4.21. The lowest BCUT2D eigenvalue weighted by Crippen LogP contribution is -2.47. The van der Waals surface area contributed by atoms with Crippen LogP contribution < -0.4 is 4.74 Å². The monoisotopic (exact) mass is 321 g/mol. The van der Waals surface area contributed by atoms with E-state index in [-0.39, 0.29) is 11.9 Å². The fourth-order valence-electron chi connectivity index (χ4n) is 2.91. The van der Waals surface area contributed by atoms with Crippen molar-refractivity contribution in [1.82, 2.24) is 14.8 Å². The molecule has 1 amide bonds. The Bertz CT molecular complexity index is 502. The number of hydrogen-bond donors (Lipinski definition) is 0. The van der Waals surface area contributed by atoms with Crippen molar-refractivity contribution in [2.45, 2.75) is 25.8 Å². The molecule has 0 radical (unpaired) electrons. The Morgan fingerprint density at radius 1 is 1.43 bits per heavy atom. The van der Waals surface area contributed by atoms with Crippen LogP contribution in [-0.2, 0) is 4.74 Å². The molecule has 2 rings (SSSR count). The van der Waals surface area contributed by atoms with E-state index in [1.165, 1.54) is 0 Å². The molecule has 0 atom stereocenters. The van der Waals surface area contributed by atoms with E-state index >= 15 is 0 Å². The first kappa shape index (κ1) is 17.7. The quantitative estimate of drug-likeness (QED) is 0.764. The van der Waals surface area contributed by atoms with Gasteiger partial charge in [0.2, 0.25) is 5.88 Å². The average Bonchev–Trinajstić information content (AvgIpc) is 2.57. The van der Waals surface area contributed by atoms with E-state index in [9.17, 15) is 4.79 Å². The number of hydrogen-bond acceptors (Lipinski definition) is 5. The Morgan fingerprint density at radius 3 is 2.83 bits per heavy atom. The maximum Gasteiger partial charge on any atom is 0.259 e. The predicted octanol–water partition coefficient (Wildman–Crippen LogP) is 1.66. The van der Waals surface area contributed by atoms with E-state index in [1.54, 1.807) is 25.4 Å². The smallest absolute Gasteiger partial charge is 0.259 e. The number of aromatic nitrogens is 1. The standard InChI is InChI=1S/C17H27N3O3/c1-4-23-16-15(6-5-9-18-16)17(21)20(12-13-22-3)14-7-10-19(2)11-8-14/h5-6,9,14H,4,7-8,10-13H2,1-3H3. The van der Waals surface area contributed by atoms with Crippen molar-refractivity contribution < 1.29 is 14.3 Å². The lowest BCUT2D eigenvalue weighted by Gasteiger charge is -2.37. The van der Waals surface area contributed by atoms with Crippen molar-refractivity contribution >= 4 is 5.91 Å². The Morgan fingerprint density at radius 2 is 2.17 bits per heavy atom. The van der Waals surface area contributed by atoms with Crippen LogP contribution in [0.1, 0.15) is 30.1 Å². The third-order valence-corrected chi connectivity index (χ3v) is 4.21. The van der Waals surface area contributed by atoms with E-state index in [1.807, 2.05) is 11.8 Å². The van der Waals surface area contributed by atoms with Crippen molar-refractivity contribution in [1.29, 1.82) is 0 Å². The molecule has 1 aromatic heterocycles. The summed E-state index contributed by atoms with van der Waals surface area (Å²) >= 11 is 0. The van der Waals surface area contributed by atoms with Gasteiger partial charge in [0.05, 0.1) is 13.2 Å². The molecule has 0 N–H and O–H groups in total. The lowest BCUT2D eigenvalue weighted by atomic mass is 10.0. The maximum absolute atomic E-state index is 13.1. The molecule has 128 valence electrons. The summed E-state index contributed by atoms with van der Waals surface area (Å²) in [5, 5.41) is 0. The molecule has 0 aliphatic carbocycles. The first-order valence-corrected chi connectivity index (χ1v) is 8.23. The van der Waals surface area contributed by atoms with Gasteiger partial charge in [-0.3, -0.25) is 4.79 Å². The zero-order valence-electron chi connectivity index (χ0n) is 14.3. The van der Waals surface area contributed by atoms with Crippen LogP contribution in [0.15, 0.2) is 18.3 Å². The summed E-state index contributed by atoms with van der Waals surface area (Å²) in [5.74, 6) is 0.392. The molecule has 1 fully saturated rings. The molecule has 0 saturated carbocycles. The van der Waals surface area contributed by atoms with Crippen LogP contribution in [0.5, 0.6) is 5.88 Å². The highest BCUT2D eigenvalue weighted by Crippen LogP contribution is 2.22. The average molecular weight is 321 g/mol. The molecular weight excluding hydrogens is 294 g/mol. The van der Waals surface area contributed by atoms with E-state index in [2.05, 4.69) is 16.9 Å². The Kier molecular flexibility index (Phi) is 6.80. The van der Waals surface area contributed by atoms with Crippen LogP contribution >= 0.6 is 0 Å². The number of carbonyl (C=O) groups excluding carboxylic acids is 1. The van der Waals surface area contributed by atoms with Gasteiger partial charge in [-0.05, 0) is 52.0 Å². The minimum absolute atomic E-state index is 0.0202. The number of methoxy groups -OCH3 is 1. The number of rotatable bonds is 7. The second-order valence-corrected chi connectivity index (χ2v) is 5.81. The number of piperidine rings is 1.